The maximum absolute atomic E-state index is 14.2. The SMILES string of the molecule is NC(=O)c1ccc(/C=C/C(c2cc(Cl)c(Cl)c(Cl)c2)C(F)(F)F)c([C@@H](CSCC(F)(F)F)C(N)=O)c1C(F)(F)F. The van der Waals surface area contributed by atoms with Crippen LogP contribution in [0.3, 0.4) is 0 Å². The number of hydrogen-bond donors (Lipinski definition) is 2. The third-order valence-electron chi connectivity index (χ3n) is 5.26. The maximum atomic E-state index is 14.2. The summed E-state index contributed by atoms with van der Waals surface area (Å²) < 4.78 is 122. The summed E-state index contributed by atoms with van der Waals surface area (Å²) in [5.74, 6) is -10.3. The highest BCUT2D eigenvalue weighted by Gasteiger charge is 2.43. The number of alkyl halides is 9. The fourth-order valence-electron chi connectivity index (χ4n) is 3.63. The fourth-order valence-corrected chi connectivity index (χ4v) is 5.16. The van der Waals surface area contributed by atoms with E-state index in [0.717, 1.165) is 18.2 Å². The molecule has 0 aliphatic heterocycles. The van der Waals surface area contributed by atoms with Crippen molar-refractivity contribution >= 4 is 64.5 Å². The Hall–Kier alpha value is -2.29. The van der Waals surface area contributed by atoms with Crippen molar-refractivity contribution in [3.63, 3.8) is 0 Å². The number of allylic oxidation sites excluding steroid dienone is 1. The van der Waals surface area contributed by atoms with E-state index in [1.807, 2.05) is 0 Å². The van der Waals surface area contributed by atoms with Crippen LogP contribution in [0.25, 0.3) is 6.08 Å². The van der Waals surface area contributed by atoms with Gasteiger partial charge in [0.05, 0.1) is 43.8 Å². The first-order chi connectivity index (χ1) is 18.1. The largest absolute Gasteiger partial charge is 0.417 e. The molecule has 2 amide bonds. The smallest absolute Gasteiger partial charge is 0.369 e. The highest BCUT2D eigenvalue weighted by Crippen LogP contribution is 2.44. The van der Waals surface area contributed by atoms with Gasteiger partial charge in [-0.1, -0.05) is 53.0 Å². The van der Waals surface area contributed by atoms with E-state index in [4.69, 9.17) is 46.3 Å². The van der Waals surface area contributed by atoms with E-state index in [9.17, 15) is 49.1 Å². The van der Waals surface area contributed by atoms with Gasteiger partial charge in [0.25, 0.3) is 0 Å². The summed E-state index contributed by atoms with van der Waals surface area (Å²) in [5, 5.41) is -0.960. The Balaban J connectivity index is 2.83. The molecule has 0 saturated heterocycles. The first-order valence-corrected chi connectivity index (χ1v) is 12.8. The Bertz CT molecular complexity index is 1290. The van der Waals surface area contributed by atoms with E-state index in [-0.39, 0.29) is 26.8 Å². The second-order valence-electron chi connectivity index (χ2n) is 8.12. The van der Waals surface area contributed by atoms with Gasteiger partial charge in [-0.15, -0.1) is 0 Å². The van der Waals surface area contributed by atoms with Crippen LogP contribution < -0.4 is 11.5 Å². The van der Waals surface area contributed by atoms with Crippen LogP contribution in [-0.4, -0.2) is 35.7 Å². The Morgan fingerprint density at radius 1 is 0.925 bits per heavy atom. The quantitative estimate of drug-likeness (QED) is 0.211. The molecule has 0 bridgehead atoms. The third-order valence-corrected chi connectivity index (χ3v) is 7.55. The molecule has 1 unspecified atom stereocenters. The zero-order chi connectivity index (χ0) is 30.8. The van der Waals surface area contributed by atoms with Gasteiger partial charge in [-0.25, -0.2) is 0 Å². The summed E-state index contributed by atoms with van der Waals surface area (Å²) in [4.78, 5) is 24.0. The minimum Gasteiger partial charge on any atom is -0.369 e. The molecular weight excluding hydrogens is 646 g/mol. The van der Waals surface area contributed by atoms with Crippen LogP contribution in [0.5, 0.6) is 0 Å². The van der Waals surface area contributed by atoms with E-state index >= 15 is 0 Å². The number of carbonyl (C=O) groups excluding carboxylic acids is 2. The lowest BCUT2D eigenvalue weighted by atomic mass is 9.85. The third kappa shape index (κ3) is 8.60. The number of benzene rings is 2. The van der Waals surface area contributed by atoms with Crippen molar-refractivity contribution in [1.82, 2.24) is 0 Å². The molecule has 0 aromatic heterocycles. The molecule has 4 nitrogen and oxygen atoms in total. The highest BCUT2D eigenvalue weighted by molar-refractivity contribution is 7.99. The van der Waals surface area contributed by atoms with Gasteiger partial charge >= 0.3 is 18.5 Å². The Labute approximate surface area is 239 Å². The van der Waals surface area contributed by atoms with E-state index in [0.29, 0.717) is 18.2 Å². The molecule has 2 aromatic carbocycles. The topological polar surface area (TPSA) is 86.2 Å². The van der Waals surface area contributed by atoms with E-state index in [1.165, 1.54) is 0 Å². The van der Waals surface area contributed by atoms with Gasteiger partial charge in [0.2, 0.25) is 11.8 Å². The van der Waals surface area contributed by atoms with Crippen molar-refractivity contribution in [2.45, 2.75) is 30.4 Å². The van der Waals surface area contributed by atoms with Gasteiger partial charge in [-0.2, -0.15) is 51.3 Å². The molecule has 0 radical (unpaired) electrons. The minimum absolute atomic E-state index is 0.00853. The summed E-state index contributed by atoms with van der Waals surface area (Å²) in [5.41, 5.74) is 4.93. The summed E-state index contributed by atoms with van der Waals surface area (Å²) >= 11 is 17.4. The number of halogens is 12. The van der Waals surface area contributed by atoms with Gasteiger partial charge in [-0.05, 0) is 34.9 Å². The van der Waals surface area contributed by atoms with Crippen molar-refractivity contribution in [1.29, 1.82) is 0 Å². The first-order valence-electron chi connectivity index (χ1n) is 10.5. The van der Waals surface area contributed by atoms with E-state index in [1.54, 1.807) is 0 Å². The molecule has 17 heteroatoms. The number of carbonyl (C=O) groups is 2. The van der Waals surface area contributed by atoms with Gasteiger partial charge in [-0.3, -0.25) is 9.59 Å². The maximum Gasteiger partial charge on any atom is 0.417 e. The van der Waals surface area contributed by atoms with Crippen molar-refractivity contribution in [3.8, 4) is 0 Å². The van der Waals surface area contributed by atoms with Crippen molar-refractivity contribution in [3.05, 3.63) is 73.2 Å². The molecular formula is C23H16Cl3F9N2O2S. The summed E-state index contributed by atoms with van der Waals surface area (Å²) in [6.07, 6.45) is -14.3. The average molecular weight is 662 g/mol. The second kappa shape index (κ2) is 12.7. The number of rotatable bonds is 9. The lowest BCUT2D eigenvalue weighted by molar-refractivity contribution is -0.140. The number of thioether (sulfide) groups is 1. The number of hydrogen-bond acceptors (Lipinski definition) is 3. The van der Waals surface area contributed by atoms with Crippen LogP contribution in [0.15, 0.2) is 30.3 Å². The number of amides is 2. The summed E-state index contributed by atoms with van der Waals surface area (Å²) in [7, 11) is 0. The van der Waals surface area contributed by atoms with Gasteiger partial charge in [0.1, 0.15) is 0 Å². The van der Waals surface area contributed by atoms with Crippen molar-refractivity contribution < 1.29 is 49.1 Å². The molecule has 0 saturated carbocycles. The Morgan fingerprint density at radius 2 is 1.48 bits per heavy atom. The highest BCUT2D eigenvalue weighted by atomic mass is 35.5. The van der Waals surface area contributed by atoms with Crippen LogP contribution in [0.4, 0.5) is 39.5 Å². The summed E-state index contributed by atoms with van der Waals surface area (Å²) in [6.45, 7) is 0. The molecule has 40 heavy (non-hydrogen) atoms. The molecule has 0 spiro atoms. The lowest BCUT2D eigenvalue weighted by Crippen LogP contribution is -2.30. The fraction of sp³-hybridized carbons (Fsp3) is 0.304. The predicted molar refractivity (Wildman–Crippen MR) is 135 cm³/mol. The second-order valence-corrected chi connectivity index (χ2v) is 10.3. The predicted octanol–water partition coefficient (Wildman–Crippen LogP) is 7.99. The van der Waals surface area contributed by atoms with Gasteiger partial charge < -0.3 is 11.5 Å². The minimum atomic E-state index is -5.42. The van der Waals surface area contributed by atoms with Crippen LogP contribution in [0, 0.1) is 0 Å². The zero-order valence-electron chi connectivity index (χ0n) is 19.4. The molecule has 4 N–H and O–H groups in total. The Morgan fingerprint density at radius 3 is 1.90 bits per heavy atom. The number of primary amides is 2. The average Bonchev–Trinajstić information content (AvgIpc) is 2.77. The van der Waals surface area contributed by atoms with Crippen molar-refractivity contribution in [2.24, 2.45) is 11.5 Å². The molecule has 2 atom stereocenters. The van der Waals surface area contributed by atoms with Crippen LogP contribution in [0.2, 0.25) is 15.1 Å². The van der Waals surface area contributed by atoms with Gasteiger partial charge in [0, 0.05) is 5.75 Å². The molecule has 0 aliphatic rings. The van der Waals surface area contributed by atoms with E-state index in [2.05, 4.69) is 0 Å². The molecule has 2 aromatic rings. The monoisotopic (exact) mass is 660 g/mol. The standard InChI is InChI=1S/C23H16Cl3F9N2O2S/c24-14-5-10(6-15(25)18(14)26)13(22(30,31)32)4-2-9-1-3-11(19(36)38)17(23(33,34)35)16(9)12(20(37)39)7-40-8-21(27,28)29/h1-6,12-13H,7-8H2,(H2,36,38)(H2,37,39)/b4-2+/t12-,13?/m1/s1. The molecule has 0 heterocycles. The molecule has 0 fully saturated rings. The van der Waals surface area contributed by atoms with Crippen LogP contribution >= 0.6 is 46.6 Å². The molecule has 2 rings (SSSR count). The number of nitrogens with two attached hydrogens (primary N) is 2. The lowest BCUT2D eigenvalue weighted by Gasteiger charge is -2.24. The first kappa shape index (κ1) is 33.9. The van der Waals surface area contributed by atoms with E-state index < -0.39 is 81.5 Å². The normalized spacial score (nSPS) is 14.4. The van der Waals surface area contributed by atoms with Crippen LogP contribution in [0.1, 0.15) is 44.4 Å². The van der Waals surface area contributed by atoms with Crippen molar-refractivity contribution in [2.75, 3.05) is 11.5 Å². The molecule has 220 valence electrons. The zero-order valence-corrected chi connectivity index (χ0v) is 22.5. The summed E-state index contributed by atoms with van der Waals surface area (Å²) in [6, 6.07) is 2.99. The molecule has 0 aliphatic carbocycles. The van der Waals surface area contributed by atoms with Gasteiger partial charge in [0.15, 0.2) is 0 Å². The van der Waals surface area contributed by atoms with Crippen LogP contribution in [-0.2, 0) is 11.0 Å². The Kier molecular flexibility index (Phi) is 10.8.